The van der Waals surface area contributed by atoms with E-state index in [9.17, 15) is 0 Å². The van der Waals surface area contributed by atoms with Crippen molar-refractivity contribution in [3.05, 3.63) is 89.5 Å². The van der Waals surface area contributed by atoms with E-state index in [-0.39, 0.29) is 5.41 Å². The molecule has 0 aromatic heterocycles. The Morgan fingerprint density at radius 2 is 1.70 bits per heavy atom. The average Bonchev–Trinajstić information content (AvgIpc) is 3.29. The maximum atomic E-state index is 6.68. The third kappa shape index (κ3) is 3.21. The minimum absolute atomic E-state index is 0.334. The van der Waals surface area contributed by atoms with Gasteiger partial charge < -0.3 is 19.1 Å². The Labute approximate surface area is 201 Å². The molecule has 1 saturated heterocycles. The summed E-state index contributed by atoms with van der Waals surface area (Å²) in [6.07, 6.45) is 0.732. The van der Waals surface area contributed by atoms with E-state index in [1.165, 1.54) is 5.57 Å². The Balaban J connectivity index is 1.73. The second-order valence-corrected chi connectivity index (χ2v) is 9.09. The number of nitrogens with zero attached hydrogens (tertiary/aromatic N) is 1. The molecule has 2 unspecified atom stereocenters. The van der Waals surface area contributed by atoms with Crippen LogP contribution in [-0.4, -0.2) is 42.0 Å². The quantitative estimate of drug-likeness (QED) is 0.493. The molecule has 0 bridgehead atoms. The van der Waals surface area contributed by atoms with E-state index in [1.54, 1.807) is 0 Å². The van der Waals surface area contributed by atoms with Crippen molar-refractivity contribution in [2.24, 2.45) is 5.41 Å². The number of thiocarbonyl (C=S) groups is 1. The molecule has 2 heterocycles. The van der Waals surface area contributed by atoms with Gasteiger partial charge in [0.15, 0.2) is 17.4 Å². The van der Waals surface area contributed by atoms with Crippen LogP contribution in [0.15, 0.2) is 71.8 Å². The fourth-order valence-corrected chi connectivity index (χ4v) is 6.13. The van der Waals surface area contributed by atoms with Gasteiger partial charge in [0.1, 0.15) is 0 Å². The Hall–Kier alpha value is -2.47. The standard InChI is InChI=1S/C28H29NO3S/c1-4-30-19-22-18-27(3)23(20-12-8-6-9-13-20)24(26(33)31-5-2)28(27)29(16-17-32-28)25(22)21-14-10-7-11-15-21/h6-15H,4-5,16-18H2,1-3H3. The van der Waals surface area contributed by atoms with Crippen LogP contribution in [0.4, 0.5) is 0 Å². The molecule has 0 amide bonds. The molecular formula is C28H29NO3S. The molecule has 5 heteroatoms. The number of rotatable bonds is 7. The summed E-state index contributed by atoms with van der Waals surface area (Å²) in [4.78, 5) is 2.38. The second kappa shape index (κ2) is 8.71. The molecule has 1 fully saturated rings. The van der Waals surface area contributed by atoms with Gasteiger partial charge in [-0.25, -0.2) is 0 Å². The number of hydrogen-bond donors (Lipinski definition) is 0. The molecule has 2 aliphatic heterocycles. The van der Waals surface area contributed by atoms with Gasteiger partial charge in [-0.15, -0.1) is 0 Å². The van der Waals surface area contributed by atoms with Gasteiger partial charge in [0.2, 0.25) is 0 Å². The summed E-state index contributed by atoms with van der Waals surface area (Å²) in [5.74, 6) is 0. The summed E-state index contributed by atoms with van der Waals surface area (Å²) in [5.41, 5.74) is 5.60. The molecule has 1 aliphatic carbocycles. The van der Waals surface area contributed by atoms with Gasteiger partial charge in [0.05, 0.1) is 24.2 Å². The Kier molecular flexibility index (Phi) is 5.89. The fraction of sp³-hybridized carbons (Fsp3) is 0.357. The van der Waals surface area contributed by atoms with Gasteiger partial charge in [-0.2, -0.15) is 0 Å². The van der Waals surface area contributed by atoms with Crippen LogP contribution in [0.2, 0.25) is 0 Å². The first-order valence-electron chi connectivity index (χ1n) is 11.6. The van der Waals surface area contributed by atoms with Crippen molar-refractivity contribution in [1.29, 1.82) is 0 Å². The van der Waals surface area contributed by atoms with Crippen LogP contribution in [0.25, 0.3) is 11.3 Å². The topological polar surface area (TPSA) is 30.9 Å². The van der Waals surface area contributed by atoms with Gasteiger partial charge in [-0.3, -0.25) is 0 Å². The van der Waals surface area contributed by atoms with Crippen molar-refractivity contribution in [1.82, 2.24) is 4.90 Å². The first kappa shape index (κ1) is 22.3. The maximum absolute atomic E-state index is 6.68. The Morgan fingerprint density at radius 1 is 1.03 bits per heavy atom. The van der Waals surface area contributed by atoms with Crippen molar-refractivity contribution in [2.45, 2.75) is 32.9 Å². The molecule has 0 N–H and O–H groups in total. The minimum atomic E-state index is -0.674. The van der Waals surface area contributed by atoms with E-state index in [4.69, 9.17) is 26.4 Å². The van der Waals surface area contributed by atoms with Crippen molar-refractivity contribution < 1.29 is 14.2 Å². The maximum Gasteiger partial charge on any atom is 0.192 e. The van der Waals surface area contributed by atoms with E-state index >= 15 is 0 Å². The highest BCUT2D eigenvalue weighted by Crippen LogP contribution is 2.69. The van der Waals surface area contributed by atoms with E-state index in [0.29, 0.717) is 24.9 Å². The summed E-state index contributed by atoms with van der Waals surface area (Å²) in [6.45, 7) is 12.0. The highest BCUT2D eigenvalue weighted by molar-refractivity contribution is 7.80. The summed E-state index contributed by atoms with van der Waals surface area (Å²) >= 11 is 5.85. The van der Waals surface area contributed by atoms with E-state index in [1.807, 2.05) is 26.0 Å². The largest absolute Gasteiger partial charge is 0.483 e. The monoisotopic (exact) mass is 459 g/mol. The number of benzene rings is 2. The first-order valence-corrected chi connectivity index (χ1v) is 12.0. The normalized spacial score (nSPS) is 26.1. The van der Waals surface area contributed by atoms with Crippen LogP contribution in [0.1, 0.15) is 38.3 Å². The lowest BCUT2D eigenvalue weighted by molar-refractivity contribution is -0.118. The lowest BCUT2D eigenvalue weighted by Crippen LogP contribution is -2.68. The van der Waals surface area contributed by atoms with Crippen molar-refractivity contribution in [3.63, 3.8) is 0 Å². The number of ether oxygens (including phenoxy) is 3. The molecule has 2 atom stereocenters. The van der Waals surface area contributed by atoms with Gasteiger partial charge in [0, 0.05) is 18.8 Å². The summed E-state index contributed by atoms with van der Waals surface area (Å²) in [5, 5.41) is 0.523. The molecule has 0 saturated carbocycles. The average molecular weight is 460 g/mol. The highest BCUT2D eigenvalue weighted by Gasteiger charge is 2.72. The molecule has 33 heavy (non-hydrogen) atoms. The molecule has 2 radical (unpaired) electrons. The molecular weight excluding hydrogens is 430 g/mol. The molecule has 1 spiro atoms. The molecule has 170 valence electrons. The van der Waals surface area contributed by atoms with E-state index in [2.05, 4.69) is 67.0 Å². The van der Waals surface area contributed by atoms with E-state index in [0.717, 1.165) is 40.9 Å². The van der Waals surface area contributed by atoms with Crippen LogP contribution in [0.3, 0.4) is 0 Å². The molecule has 5 rings (SSSR count). The number of hydrogen-bond acceptors (Lipinski definition) is 5. The zero-order valence-electron chi connectivity index (χ0n) is 19.4. The van der Waals surface area contributed by atoms with Crippen LogP contribution in [0, 0.1) is 12.0 Å². The minimum Gasteiger partial charge on any atom is -0.483 e. The lowest BCUT2D eigenvalue weighted by Gasteiger charge is -2.64. The smallest absolute Gasteiger partial charge is 0.192 e. The summed E-state index contributed by atoms with van der Waals surface area (Å²) in [7, 11) is 0. The first-order chi connectivity index (χ1) is 16.1. The zero-order chi connectivity index (χ0) is 23.1. The third-order valence-corrected chi connectivity index (χ3v) is 7.23. The molecule has 4 nitrogen and oxygen atoms in total. The molecule has 2 aromatic rings. The Bertz CT molecular complexity index is 1110. The lowest BCUT2D eigenvalue weighted by atomic mass is 9.51. The Morgan fingerprint density at radius 3 is 2.33 bits per heavy atom. The highest BCUT2D eigenvalue weighted by atomic mass is 32.1. The van der Waals surface area contributed by atoms with E-state index < -0.39 is 5.72 Å². The van der Waals surface area contributed by atoms with Gasteiger partial charge in [-0.1, -0.05) is 67.6 Å². The van der Waals surface area contributed by atoms with Gasteiger partial charge >= 0.3 is 0 Å². The van der Waals surface area contributed by atoms with Crippen molar-refractivity contribution in [2.75, 3.05) is 26.4 Å². The van der Waals surface area contributed by atoms with Crippen LogP contribution in [0.5, 0.6) is 0 Å². The van der Waals surface area contributed by atoms with Crippen LogP contribution >= 0.6 is 12.2 Å². The van der Waals surface area contributed by atoms with Crippen molar-refractivity contribution >= 4 is 28.5 Å². The zero-order valence-corrected chi connectivity index (χ0v) is 20.2. The predicted molar refractivity (Wildman–Crippen MR) is 134 cm³/mol. The van der Waals surface area contributed by atoms with Crippen LogP contribution in [-0.2, 0) is 14.2 Å². The molecule has 3 aliphatic rings. The van der Waals surface area contributed by atoms with Crippen molar-refractivity contribution in [3.8, 4) is 0 Å². The molecule has 2 aromatic carbocycles. The van der Waals surface area contributed by atoms with Gasteiger partial charge in [0.25, 0.3) is 0 Å². The SMILES string of the molecule is CCO[C]C1=C(c2ccccc2)N2CCOC23C(C(=S)OCC)=C(c2ccccc2)C3(C)C1. The summed E-state index contributed by atoms with van der Waals surface area (Å²) in [6, 6.07) is 20.9. The van der Waals surface area contributed by atoms with Gasteiger partial charge in [-0.05, 0) is 54.8 Å². The van der Waals surface area contributed by atoms with Crippen LogP contribution < -0.4 is 0 Å². The fourth-order valence-electron chi connectivity index (χ4n) is 5.77. The third-order valence-electron chi connectivity index (χ3n) is 6.91. The predicted octanol–water partition coefficient (Wildman–Crippen LogP) is 5.74. The second-order valence-electron chi connectivity index (χ2n) is 8.72. The summed E-state index contributed by atoms with van der Waals surface area (Å²) < 4.78 is 18.4.